The van der Waals surface area contributed by atoms with Crippen LogP contribution < -0.4 is 19.9 Å². The number of aryl methyl sites for hydroxylation is 1. The third-order valence-corrected chi connectivity index (χ3v) is 6.40. The zero-order valence-corrected chi connectivity index (χ0v) is 19.6. The second-order valence-electron chi connectivity index (χ2n) is 7.95. The van der Waals surface area contributed by atoms with Crippen molar-refractivity contribution in [2.24, 2.45) is 0 Å². The summed E-state index contributed by atoms with van der Waals surface area (Å²) in [6, 6.07) is 11.2. The number of furan rings is 1. The summed E-state index contributed by atoms with van der Waals surface area (Å²) >= 11 is 1.63. The average Bonchev–Trinajstić information content (AvgIpc) is 3.47. The van der Waals surface area contributed by atoms with Gasteiger partial charge in [0, 0.05) is 26.2 Å². The first-order chi connectivity index (χ1) is 16.8. The van der Waals surface area contributed by atoms with Crippen LogP contribution >= 0.6 is 11.3 Å². The van der Waals surface area contributed by atoms with E-state index >= 15 is 0 Å². The number of rotatable bonds is 7. The molecule has 184 valence electrons. The highest BCUT2D eigenvalue weighted by atomic mass is 32.1. The van der Waals surface area contributed by atoms with Crippen molar-refractivity contribution < 1.29 is 22.3 Å². The first-order valence-electron chi connectivity index (χ1n) is 10.9. The van der Waals surface area contributed by atoms with E-state index in [1.807, 2.05) is 42.2 Å². The minimum absolute atomic E-state index is 0.106. The minimum Gasteiger partial charge on any atom is -0.465 e. The molecule has 0 atom stereocenters. The van der Waals surface area contributed by atoms with E-state index in [2.05, 4.69) is 25.2 Å². The zero-order chi connectivity index (χ0) is 24.4. The highest BCUT2D eigenvalue weighted by molar-refractivity contribution is 7.22. The van der Waals surface area contributed by atoms with Crippen LogP contribution in [-0.2, 0) is 6.54 Å². The normalized spacial score (nSPS) is 14.5. The van der Waals surface area contributed by atoms with Crippen LogP contribution in [0.15, 0.2) is 40.8 Å². The Morgan fingerprint density at radius 2 is 1.77 bits per heavy atom. The third-order valence-electron chi connectivity index (χ3n) is 5.30. The van der Waals surface area contributed by atoms with Gasteiger partial charge in [-0.15, -0.1) is 0 Å². The van der Waals surface area contributed by atoms with Crippen molar-refractivity contribution >= 4 is 38.6 Å². The van der Waals surface area contributed by atoms with Gasteiger partial charge in [0.15, 0.2) is 11.7 Å². The Balaban J connectivity index is 1.30. The second-order valence-corrected chi connectivity index (χ2v) is 8.96. The van der Waals surface area contributed by atoms with Crippen LogP contribution in [0.1, 0.15) is 11.5 Å². The zero-order valence-electron chi connectivity index (χ0n) is 18.7. The Hall–Kier alpha value is -3.61. The van der Waals surface area contributed by atoms with Crippen LogP contribution in [-0.4, -0.2) is 58.9 Å². The van der Waals surface area contributed by atoms with Crippen molar-refractivity contribution in [1.82, 2.24) is 19.9 Å². The molecule has 35 heavy (non-hydrogen) atoms. The fourth-order valence-electron chi connectivity index (χ4n) is 3.62. The Kier molecular flexibility index (Phi) is 6.32. The Morgan fingerprint density at radius 1 is 1.00 bits per heavy atom. The summed E-state index contributed by atoms with van der Waals surface area (Å²) in [5.41, 5.74) is 0.960. The van der Waals surface area contributed by atoms with Gasteiger partial charge in [0.1, 0.15) is 11.5 Å². The monoisotopic (exact) mass is 505 g/mol. The molecule has 1 saturated heterocycles. The van der Waals surface area contributed by atoms with Gasteiger partial charge < -0.3 is 24.3 Å². The molecule has 4 heterocycles. The molecule has 3 aromatic heterocycles. The van der Waals surface area contributed by atoms with Crippen LogP contribution in [0.4, 0.5) is 30.2 Å². The summed E-state index contributed by atoms with van der Waals surface area (Å²) in [6.07, 6.45) is -4.51. The van der Waals surface area contributed by atoms with Gasteiger partial charge in [0.25, 0.3) is 0 Å². The summed E-state index contributed by atoms with van der Waals surface area (Å²) in [5, 5.41) is 3.92. The highest BCUT2D eigenvalue weighted by Gasteiger charge is 2.30. The van der Waals surface area contributed by atoms with E-state index in [1.165, 1.54) is 0 Å². The first kappa shape index (κ1) is 23.1. The summed E-state index contributed by atoms with van der Waals surface area (Å²) in [4.78, 5) is 21.3. The van der Waals surface area contributed by atoms with E-state index in [1.54, 1.807) is 17.4 Å². The molecule has 5 rings (SSSR count). The third kappa shape index (κ3) is 5.73. The molecule has 1 fully saturated rings. The lowest BCUT2D eigenvalue weighted by Gasteiger charge is -2.34. The molecule has 1 N–H and O–H groups in total. The highest BCUT2D eigenvalue weighted by Crippen LogP contribution is 2.29. The molecule has 0 amide bonds. The van der Waals surface area contributed by atoms with E-state index in [0.717, 1.165) is 21.1 Å². The van der Waals surface area contributed by atoms with E-state index in [-0.39, 0.29) is 24.5 Å². The molecule has 0 radical (unpaired) electrons. The van der Waals surface area contributed by atoms with E-state index in [9.17, 15) is 13.2 Å². The number of hydrogen-bond donors (Lipinski definition) is 1. The standard InChI is InChI=1S/C22H22F3N7O2S/c1-14-6-7-15(34-14)12-26-18-28-19(30-20(29-18)33-13-22(23,24)25)31-8-10-32(11-9-31)21-27-16-4-2-3-5-17(16)35-21/h2-7H,8-13H2,1H3,(H,26,28,29,30). The minimum atomic E-state index is -4.51. The van der Waals surface area contributed by atoms with Gasteiger partial charge >= 0.3 is 12.2 Å². The van der Waals surface area contributed by atoms with E-state index in [4.69, 9.17) is 14.1 Å². The van der Waals surface area contributed by atoms with Crippen molar-refractivity contribution in [3.63, 3.8) is 0 Å². The number of halogens is 3. The van der Waals surface area contributed by atoms with E-state index in [0.29, 0.717) is 31.9 Å². The molecular weight excluding hydrogens is 483 g/mol. The number of piperazine rings is 1. The van der Waals surface area contributed by atoms with Crippen molar-refractivity contribution in [3.8, 4) is 6.01 Å². The summed E-state index contributed by atoms with van der Waals surface area (Å²) in [6.45, 7) is 3.06. The van der Waals surface area contributed by atoms with E-state index < -0.39 is 12.8 Å². The van der Waals surface area contributed by atoms with Gasteiger partial charge in [-0.2, -0.15) is 28.1 Å². The maximum atomic E-state index is 12.7. The number of thiazole rings is 1. The molecule has 13 heteroatoms. The Labute approximate surface area is 202 Å². The van der Waals surface area contributed by atoms with Gasteiger partial charge in [-0.3, -0.25) is 0 Å². The number of aromatic nitrogens is 4. The molecule has 1 aromatic carbocycles. The lowest BCUT2D eigenvalue weighted by atomic mass is 10.3. The van der Waals surface area contributed by atoms with Crippen molar-refractivity contribution in [2.75, 3.05) is 47.9 Å². The molecule has 0 spiro atoms. The van der Waals surface area contributed by atoms with Crippen LogP contribution in [0.5, 0.6) is 6.01 Å². The average molecular weight is 506 g/mol. The molecule has 0 bridgehead atoms. The number of hydrogen-bond acceptors (Lipinski definition) is 10. The van der Waals surface area contributed by atoms with Crippen molar-refractivity contribution in [3.05, 3.63) is 47.9 Å². The number of anilines is 3. The number of fused-ring (bicyclic) bond motifs is 1. The lowest BCUT2D eigenvalue weighted by molar-refractivity contribution is -0.154. The largest absolute Gasteiger partial charge is 0.465 e. The fraction of sp³-hybridized carbons (Fsp3) is 0.364. The number of nitrogens with zero attached hydrogens (tertiary/aromatic N) is 6. The summed E-state index contributed by atoms with van der Waals surface area (Å²) in [7, 11) is 0. The maximum Gasteiger partial charge on any atom is 0.422 e. The maximum absolute atomic E-state index is 12.7. The van der Waals surface area contributed by atoms with Crippen LogP contribution in [0, 0.1) is 6.92 Å². The predicted molar refractivity (Wildman–Crippen MR) is 126 cm³/mol. The van der Waals surface area contributed by atoms with Crippen LogP contribution in [0.2, 0.25) is 0 Å². The topological polar surface area (TPSA) is 92.4 Å². The molecule has 0 saturated carbocycles. The van der Waals surface area contributed by atoms with Gasteiger partial charge in [0.2, 0.25) is 11.9 Å². The number of nitrogens with one attached hydrogen (secondary N) is 1. The second kappa shape index (κ2) is 9.56. The Morgan fingerprint density at radius 3 is 2.49 bits per heavy atom. The first-order valence-corrected chi connectivity index (χ1v) is 11.7. The summed E-state index contributed by atoms with van der Waals surface area (Å²) < 4.78 is 49.6. The number of ether oxygens (including phenoxy) is 1. The van der Waals surface area contributed by atoms with Crippen molar-refractivity contribution in [1.29, 1.82) is 0 Å². The molecular formula is C22H22F3N7O2S. The smallest absolute Gasteiger partial charge is 0.422 e. The molecule has 4 aromatic rings. The molecule has 0 aliphatic carbocycles. The quantitative estimate of drug-likeness (QED) is 0.395. The van der Waals surface area contributed by atoms with Gasteiger partial charge in [0.05, 0.1) is 16.8 Å². The predicted octanol–water partition coefficient (Wildman–Crippen LogP) is 4.26. The van der Waals surface area contributed by atoms with Crippen LogP contribution in [0.3, 0.4) is 0 Å². The molecule has 1 aliphatic rings. The van der Waals surface area contributed by atoms with Gasteiger partial charge in [-0.05, 0) is 31.2 Å². The van der Waals surface area contributed by atoms with Gasteiger partial charge in [-0.25, -0.2) is 4.98 Å². The fourth-order valence-corrected chi connectivity index (χ4v) is 4.63. The number of benzene rings is 1. The SMILES string of the molecule is Cc1ccc(CNc2nc(OCC(F)(F)F)nc(N3CCN(c4nc5ccccc5s4)CC3)n2)o1. The summed E-state index contributed by atoms with van der Waals surface area (Å²) in [5.74, 6) is 1.75. The van der Waals surface area contributed by atoms with Gasteiger partial charge in [-0.1, -0.05) is 23.5 Å². The molecule has 1 aliphatic heterocycles. The van der Waals surface area contributed by atoms with Crippen molar-refractivity contribution in [2.45, 2.75) is 19.6 Å². The van der Waals surface area contributed by atoms with Crippen LogP contribution in [0.25, 0.3) is 10.2 Å². The Bertz CT molecular complexity index is 1270. The number of para-hydroxylation sites is 1. The molecule has 0 unspecified atom stereocenters. The molecule has 9 nitrogen and oxygen atoms in total. The lowest BCUT2D eigenvalue weighted by Crippen LogP contribution is -2.47. The number of alkyl halides is 3.